The Balaban J connectivity index is 0.967. The fraction of sp³-hybridized carbons (Fsp3) is 0.0690. The zero-order valence-electron chi connectivity index (χ0n) is 35.1. The second kappa shape index (κ2) is 22.5. The summed E-state index contributed by atoms with van der Waals surface area (Å²) in [5, 5.41) is 0. The van der Waals surface area contributed by atoms with Gasteiger partial charge in [-0.1, -0.05) is 204 Å². The Morgan fingerprint density at radius 1 is 0.283 bits per heavy atom. The summed E-state index contributed by atoms with van der Waals surface area (Å²) in [5.74, 6) is 0. The van der Waals surface area contributed by atoms with E-state index in [9.17, 15) is 0 Å². The highest BCUT2D eigenvalue weighted by Gasteiger charge is 2.12. The van der Waals surface area contributed by atoms with E-state index in [1.54, 1.807) is 0 Å². The molecule has 0 saturated heterocycles. The van der Waals surface area contributed by atoms with Gasteiger partial charge in [0, 0.05) is 34.1 Å². The minimum absolute atomic E-state index is 1.12. The highest BCUT2D eigenvalue weighted by atomic mass is 15.1. The van der Waals surface area contributed by atoms with E-state index < -0.39 is 0 Å². The van der Waals surface area contributed by atoms with Crippen molar-refractivity contribution in [3.05, 3.63) is 276 Å². The van der Waals surface area contributed by atoms with Crippen molar-refractivity contribution < 1.29 is 0 Å². The van der Waals surface area contributed by atoms with Crippen LogP contribution in [0.2, 0.25) is 0 Å². The van der Waals surface area contributed by atoms with Gasteiger partial charge < -0.3 is 9.80 Å². The molecule has 0 saturated carbocycles. The third-order valence-electron chi connectivity index (χ3n) is 9.70. The van der Waals surface area contributed by atoms with Crippen LogP contribution in [0.4, 0.5) is 34.1 Å². The van der Waals surface area contributed by atoms with E-state index in [4.69, 9.17) is 0 Å². The van der Waals surface area contributed by atoms with Crippen molar-refractivity contribution >= 4 is 46.3 Å². The van der Waals surface area contributed by atoms with Crippen LogP contribution in [-0.2, 0) is 0 Å². The summed E-state index contributed by atoms with van der Waals surface area (Å²) in [6, 6.07) is 59.3. The topological polar surface area (TPSA) is 6.48 Å². The lowest BCUT2D eigenvalue weighted by Gasteiger charge is -2.25. The Kier molecular flexibility index (Phi) is 15.8. The van der Waals surface area contributed by atoms with Gasteiger partial charge in [0.15, 0.2) is 0 Å². The van der Waals surface area contributed by atoms with E-state index in [0.29, 0.717) is 0 Å². The lowest BCUT2D eigenvalue weighted by atomic mass is 10.1. The summed E-state index contributed by atoms with van der Waals surface area (Å²) in [6.07, 6.45) is 29.8. The van der Waals surface area contributed by atoms with Crippen molar-refractivity contribution in [3.63, 3.8) is 0 Å². The second-order valence-corrected chi connectivity index (χ2v) is 14.6. The molecule has 0 atom stereocenters. The molecule has 0 amide bonds. The molecular formula is C58H54N2. The fourth-order valence-corrected chi connectivity index (χ4v) is 6.47. The molecular weight excluding hydrogens is 725 g/mol. The Hall–Kier alpha value is -7.42. The van der Waals surface area contributed by atoms with Gasteiger partial charge in [-0.25, -0.2) is 0 Å². The molecule has 0 aliphatic heterocycles. The quantitative estimate of drug-likeness (QED) is 0.0903. The maximum atomic E-state index is 2.27. The zero-order valence-corrected chi connectivity index (χ0v) is 35.1. The normalized spacial score (nSPS) is 13.1. The van der Waals surface area contributed by atoms with Crippen molar-refractivity contribution in [2.45, 2.75) is 27.7 Å². The van der Waals surface area contributed by atoms with E-state index in [1.807, 2.05) is 24.3 Å². The number of allylic oxidation sites excluding steroid dienone is 16. The molecule has 0 aromatic heterocycles. The number of hydrogen-bond acceptors (Lipinski definition) is 2. The number of anilines is 6. The molecule has 0 unspecified atom stereocenters. The van der Waals surface area contributed by atoms with Crippen molar-refractivity contribution in [2.75, 3.05) is 9.80 Å². The summed E-state index contributed by atoms with van der Waals surface area (Å²) in [4.78, 5) is 4.55. The van der Waals surface area contributed by atoms with Crippen LogP contribution in [0.1, 0.15) is 38.8 Å². The van der Waals surface area contributed by atoms with Crippen LogP contribution >= 0.6 is 0 Å². The van der Waals surface area contributed by atoms with Crippen LogP contribution in [-0.4, -0.2) is 0 Å². The first-order chi connectivity index (χ1) is 29.4. The molecule has 0 aliphatic carbocycles. The van der Waals surface area contributed by atoms with Gasteiger partial charge in [-0.05, 0) is 112 Å². The van der Waals surface area contributed by atoms with Crippen LogP contribution in [0.3, 0.4) is 0 Å². The molecule has 0 bridgehead atoms. The number of hydrogen-bond donors (Lipinski definition) is 0. The molecule has 2 nitrogen and oxygen atoms in total. The van der Waals surface area contributed by atoms with Crippen molar-refractivity contribution in [2.24, 2.45) is 0 Å². The third kappa shape index (κ3) is 13.1. The minimum atomic E-state index is 1.12. The zero-order chi connectivity index (χ0) is 41.8. The lowest BCUT2D eigenvalue weighted by Crippen LogP contribution is -2.09. The first-order valence-electron chi connectivity index (χ1n) is 20.5. The van der Waals surface area contributed by atoms with Crippen LogP contribution in [0.5, 0.6) is 0 Å². The van der Waals surface area contributed by atoms with Crippen molar-refractivity contribution in [1.29, 1.82) is 0 Å². The van der Waals surface area contributed by atoms with Gasteiger partial charge in [-0.15, -0.1) is 0 Å². The maximum absolute atomic E-state index is 2.27. The smallest absolute Gasteiger partial charge is 0.0462 e. The number of para-hydroxylation sites is 4. The lowest BCUT2D eigenvalue weighted by molar-refractivity contribution is 1.28. The highest BCUT2D eigenvalue weighted by Crippen LogP contribution is 2.35. The van der Waals surface area contributed by atoms with Gasteiger partial charge in [0.25, 0.3) is 0 Å². The Morgan fingerprint density at radius 3 is 0.833 bits per heavy atom. The number of benzene rings is 6. The number of rotatable bonds is 16. The first-order valence-corrected chi connectivity index (χ1v) is 20.5. The molecule has 0 heterocycles. The molecule has 6 rings (SSSR count). The summed E-state index contributed by atoms with van der Waals surface area (Å²) in [6.45, 7) is 8.48. The van der Waals surface area contributed by atoms with Crippen molar-refractivity contribution in [1.82, 2.24) is 0 Å². The van der Waals surface area contributed by atoms with E-state index >= 15 is 0 Å². The minimum Gasteiger partial charge on any atom is -0.311 e. The van der Waals surface area contributed by atoms with E-state index in [2.05, 4.69) is 268 Å². The third-order valence-corrected chi connectivity index (χ3v) is 9.70. The van der Waals surface area contributed by atoms with Gasteiger partial charge in [0.2, 0.25) is 0 Å². The van der Waals surface area contributed by atoms with E-state index in [1.165, 1.54) is 22.3 Å². The summed E-state index contributed by atoms with van der Waals surface area (Å²) >= 11 is 0. The van der Waals surface area contributed by atoms with Gasteiger partial charge >= 0.3 is 0 Å². The largest absolute Gasteiger partial charge is 0.311 e. The van der Waals surface area contributed by atoms with Crippen molar-refractivity contribution in [3.8, 4) is 0 Å². The standard InChI is InChI=1S/C58H54N2/c1-47(23-19-25-49(3)35-37-51-39-43-57(44-40-51)59(53-27-9-5-10-28-53)54-29-11-6-12-30-54)21-17-18-22-48(2)24-20-26-50(4)36-38-52-41-45-58(46-42-52)60(55-31-13-7-14-32-55)56-33-15-8-16-34-56/h5-46H,1-4H3/b18-17+,23-19+,24-20+,37-35+,38-36+,47-21+,48-22+,49-25+,50-26+. The second-order valence-electron chi connectivity index (χ2n) is 14.6. The van der Waals surface area contributed by atoms with Crippen LogP contribution in [0.25, 0.3) is 12.2 Å². The molecule has 0 spiro atoms. The monoisotopic (exact) mass is 778 g/mol. The van der Waals surface area contributed by atoms with Crippen LogP contribution in [0, 0.1) is 0 Å². The molecule has 296 valence electrons. The average Bonchev–Trinajstić information content (AvgIpc) is 3.29. The Labute approximate surface area is 358 Å². The first kappa shape index (κ1) is 42.2. The Morgan fingerprint density at radius 2 is 0.533 bits per heavy atom. The van der Waals surface area contributed by atoms with E-state index in [-0.39, 0.29) is 0 Å². The SMILES string of the molecule is CC(/C=C/C=C(C)/C=C/c1ccc(N(c2ccccc2)c2ccccc2)cc1)=C\C=C\C=C(C)\C=C\C=C(C)\C=C\c1ccc(N(c2ccccc2)c2ccccc2)cc1. The van der Waals surface area contributed by atoms with Gasteiger partial charge in [0.1, 0.15) is 0 Å². The molecule has 0 N–H and O–H groups in total. The van der Waals surface area contributed by atoms with Crippen LogP contribution < -0.4 is 9.80 Å². The average molecular weight is 779 g/mol. The fourth-order valence-electron chi connectivity index (χ4n) is 6.47. The van der Waals surface area contributed by atoms with Gasteiger partial charge in [-0.3, -0.25) is 0 Å². The molecule has 6 aromatic rings. The van der Waals surface area contributed by atoms with Gasteiger partial charge in [-0.2, -0.15) is 0 Å². The Bertz CT molecular complexity index is 2250. The molecule has 0 fully saturated rings. The number of nitrogens with zero attached hydrogens (tertiary/aromatic N) is 2. The summed E-state index contributed by atoms with van der Waals surface area (Å²) in [7, 11) is 0. The molecule has 2 heteroatoms. The molecule has 0 radical (unpaired) electrons. The van der Waals surface area contributed by atoms with E-state index in [0.717, 1.165) is 45.3 Å². The molecule has 60 heavy (non-hydrogen) atoms. The molecule has 6 aromatic carbocycles. The summed E-state index contributed by atoms with van der Waals surface area (Å²) in [5.41, 5.74) is 13.8. The molecule has 0 aliphatic rings. The maximum Gasteiger partial charge on any atom is 0.0462 e. The highest BCUT2D eigenvalue weighted by molar-refractivity contribution is 5.78. The van der Waals surface area contributed by atoms with Gasteiger partial charge in [0.05, 0.1) is 0 Å². The summed E-state index contributed by atoms with van der Waals surface area (Å²) < 4.78 is 0. The van der Waals surface area contributed by atoms with Crippen LogP contribution in [0.15, 0.2) is 265 Å². The predicted molar refractivity (Wildman–Crippen MR) is 263 cm³/mol. The predicted octanol–water partition coefficient (Wildman–Crippen LogP) is 16.8.